The Labute approximate surface area is 275 Å². The molecular weight excluding hydrogens is 596 g/mol. The number of aromatic amines is 1. The first kappa shape index (κ1) is 32.8. The van der Waals surface area contributed by atoms with Crippen molar-refractivity contribution in [2.24, 2.45) is 5.92 Å². The summed E-state index contributed by atoms with van der Waals surface area (Å²) in [5.41, 5.74) is 8.40. The summed E-state index contributed by atoms with van der Waals surface area (Å²) in [5.74, 6) is 0.601. The van der Waals surface area contributed by atoms with Gasteiger partial charge in [-0.1, -0.05) is 42.5 Å². The van der Waals surface area contributed by atoms with E-state index < -0.39 is 6.29 Å². The van der Waals surface area contributed by atoms with Gasteiger partial charge in [-0.3, -0.25) is 4.79 Å². The van der Waals surface area contributed by atoms with Crippen LogP contribution in [0.3, 0.4) is 0 Å². The Balaban J connectivity index is 1.23. The van der Waals surface area contributed by atoms with Crippen molar-refractivity contribution >= 4 is 16.8 Å². The molecule has 3 aromatic carbocycles. The lowest BCUT2D eigenvalue weighted by Crippen LogP contribution is -2.40. The quantitative estimate of drug-likeness (QED) is 0.122. The van der Waals surface area contributed by atoms with Crippen molar-refractivity contribution in [3.63, 3.8) is 0 Å². The van der Waals surface area contributed by atoms with Gasteiger partial charge in [0.25, 0.3) is 5.91 Å². The number of carbonyl (C=O) groups excluding carboxylic acids is 1. The first-order valence-electron chi connectivity index (χ1n) is 16.5. The fourth-order valence-corrected chi connectivity index (χ4v) is 6.78. The van der Waals surface area contributed by atoms with Crippen molar-refractivity contribution < 1.29 is 33.6 Å². The lowest BCUT2D eigenvalue weighted by Gasteiger charge is -2.37. The molecular formula is C38H44N2O7. The summed E-state index contributed by atoms with van der Waals surface area (Å²) in [6.45, 7) is 4.44. The van der Waals surface area contributed by atoms with Crippen LogP contribution in [0.15, 0.2) is 78.7 Å². The molecule has 0 fully saturated rings. The van der Waals surface area contributed by atoms with Crippen LogP contribution in [0.5, 0.6) is 5.75 Å². The second-order valence-electron chi connectivity index (χ2n) is 11.8. The highest BCUT2D eigenvalue weighted by Crippen LogP contribution is 2.45. The number of ether oxygens (including phenoxy) is 5. The third kappa shape index (κ3) is 7.39. The molecule has 3 N–H and O–H groups in total. The molecule has 0 bridgehead atoms. The number of methoxy groups -OCH3 is 1. The van der Waals surface area contributed by atoms with Crippen LogP contribution in [0.25, 0.3) is 22.0 Å². The van der Waals surface area contributed by atoms with E-state index >= 15 is 0 Å². The lowest BCUT2D eigenvalue weighted by molar-refractivity contribution is -0.168. The maximum atomic E-state index is 13.7. The highest BCUT2D eigenvalue weighted by atomic mass is 16.7. The molecule has 1 amide bonds. The van der Waals surface area contributed by atoms with Gasteiger partial charge in [0.15, 0.2) is 5.76 Å². The standard InChI is InChI=1S/C38H44N2O7/c1-3-46-38-31(14-17-44-19-20-45-18-16-41)34(30-10-6-9-29-28-8-5-4-7-25(28)21-33(29)30)23-36(47-38)37(42)39-15-13-26-24-40-35-12-11-27(43-2)22-32(26)35/h4-12,22-24,31,34,38,40-41H,3,13-21H2,1-2H3,(H,39,42)/t31-,34-,38-/m1/s1. The fourth-order valence-electron chi connectivity index (χ4n) is 6.78. The summed E-state index contributed by atoms with van der Waals surface area (Å²) in [6.07, 6.45) is 5.50. The number of nitrogens with one attached hydrogen (secondary N) is 2. The van der Waals surface area contributed by atoms with Crippen LogP contribution in [0.4, 0.5) is 0 Å². The number of rotatable bonds is 16. The highest BCUT2D eigenvalue weighted by molar-refractivity contribution is 5.92. The minimum Gasteiger partial charge on any atom is -0.497 e. The molecule has 9 nitrogen and oxygen atoms in total. The number of hydrogen-bond donors (Lipinski definition) is 3. The summed E-state index contributed by atoms with van der Waals surface area (Å²) in [4.78, 5) is 17.0. The van der Waals surface area contributed by atoms with E-state index in [1.807, 2.05) is 37.4 Å². The molecule has 0 saturated carbocycles. The van der Waals surface area contributed by atoms with Gasteiger partial charge in [0, 0.05) is 48.7 Å². The number of fused-ring (bicyclic) bond motifs is 4. The predicted octanol–water partition coefficient (Wildman–Crippen LogP) is 5.50. The molecule has 1 aliphatic carbocycles. The maximum absolute atomic E-state index is 13.7. The molecule has 0 spiro atoms. The van der Waals surface area contributed by atoms with E-state index in [4.69, 9.17) is 28.8 Å². The van der Waals surface area contributed by atoms with Crippen LogP contribution >= 0.6 is 0 Å². The molecule has 2 heterocycles. The average Bonchev–Trinajstić information content (AvgIpc) is 3.69. The van der Waals surface area contributed by atoms with Gasteiger partial charge in [-0.05, 0) is 83.8 Å². The molecule has 3 atom stereocenters. The average molecular weight is 641 g/mol. The van der Waals surface area contributed by atoms with Crippen molar-refractivity contribution in [3.05, 3.63) is 101 Å². The first-order chi connectivity index (χ1) is 23.1. The Morgan fingerprint density at radius 2 is 1.85 bits per heavy atom. The summed E-state index contributed by atoms with van der Waals surface area (Å²) in [6, 6.07) is 20.9. The molecule has 248 valence electrons. The lowest BCUT2D eigenvalue weighted by atomic mass is 9.78. The number of aromatic nitrogens is 1. The molecule has 9 heteroatoms. The minimum absolute atomic E-state index is 0.0110. The SMILES string of the molecule is CCO[C@@H]1OC(C(=O)NCCc2c[nH]c3ccc(OC)cc23)=C[C@H](c2cccc3c2Cc2ccccc2-3)[C@H]1CCOCCOCCO. The van der Waals surface area contributed by atoms with Crippen LogP contribution in [0, 0.1) is 5.92 Å². The number of hydrogen-bond acceptors (Lipinski definition) is 7. The number of aliphatic hydroxyl groups is 1. The van der Waals surface area contributed by atoms with Crippen LogP contribution in [0.2, 0.25) is 0 Å². The summed E-state index contributed by atoms with van der Waals surface area (Å²) in [7, 11) is 1.66. The molecule has 0 radical (unpaired) electrons. The van der Waals surface area contributed by atoms with Gasteiger partial charge in [-0.25, -0.2) is 0 Å². The Morgan fingerprint density at radius 3 is 2.68 bits per heavy atom. The van der Waals surface area contributed by atoms with Crippen LogP contribution in [-0.4, -0.2) is 75.6 Å². The third-order valence-corrected chi connectivity index (χ3v) is 9.04. The zero-order valence-electron chi connectivity index (χ0n) is 27.1. The Hall–Kier alpha value is -4.15. The van der Waals surface area contributed by atoms with Crippen molar-refractivity contribution in [3.8, 4) is 16.9 Å². The molecule has 1 aromatic heterocycles. The topological polar surface area (TPSA) is 111 Å². The van der Waals surface area contributed by atoms with E-state index in [9.17, 15) is 4.79 Å². The van der Waals surface area contributed by atoms with Gasteiger partial charge in [-0.15, -0.1) is 0 Å². The minimum atomic E-state index is -0.620. The van der Waals surface area contributed by atoms with E-state index in [0.29, 0.717) is 52.4 Å². The molecule has 6 rings (SSSR count). The zero-order chi connectivity index (χ0) is 32.6. The number of H-pyrrole nitrogens is 1. The van der Waals surface area contributed by atoms with Gasteiger partial charge in [0.2, 0.25) is 6.29 Å². The number of aliphatic hydroxyl groups excluding tert-OH is 1. The summed E-state index contributed by atoms with van der Waals surface area (Å²) >= 11 is 0. The molecule has 47 heavy (non-hydrogen) atoms. The zero-order valence-corrected chi connectivity index (χ0v) is 27.1. The largest absolute Gasteiger partial charge is 0.497 e. The van der Waals surface area contributed by atoms with Gasteiger partial charge in [-0.2, -0.15) is 0 Å². The predicted molar refractivity (Wildman–Crippen MR) is 180 cm³/mol. The molecule has 1 aliphatic heterocycles. The fraction of sp³-hybridized carbons (Fsp3) is 0.395. The van der Waals surface area contributed by atoms with Crippen LogP contribution < -0.4 is 10.1 Å². The Bertz CT molecular complexity index is 1700. The number of allylic oxidation sites excluding steroid dienone is 1. The van der Waals surface area contributed by atoms with Gasteiger partial charge in [0.1, 0.15) is 5.75 Å². The van der Waals surface area contributed by atoms with Crippen molar-refractivity contribution in [1.82, 2.24) is 10.3 Å². The van der Waals surface area contributed by atoms with Crippen LogP contribution in [-0.2, 0) is 36.6 Å². The highest BCUT2D eigenvalue weighted by Gasteiger charge is 2.39. The maximum Gasteiger partial charge on any atom is 0.286 e. The Kier molecular flexibility index (Phi) is 10.9. The molecule has 0 saturated heterocycles. The van der Waals surface area contributed by atoms with Crippen molar-refractivity contribution in [2.45, 2.75) is 38.4 Å². The normalized spacial score (nSPS) is 18.4. The van der Waals surface area contributed by atoms with Gasteiger partial charge < -0.3 is 39.1 Å². The first-order valence-corrected chi connectivity index (χ1v) is 16.5. The third-order valence-electron chi connectivity index (χ3n) is 9.04. The smallest absolute Gasteiger partial charge is 0.286 e. The summed E-state index contributed by atoms with van der Waals surface area (Å²) in [5, 5.41) is 13.1. The van der Waals surface area contributed by atoms with E-state index in [1.165, 1.54) is 27.8 Å². The molecule has 4 aromatic rings. The van der Waals surface area contributed by atoms with Crippen LogP contribution in [0.1, 0.15) is 41.5 Å². The van der Waals surface area contributed by atoms with E-state index in [-0.39, 0.29) is 30.1 Å². The summed E-state index contributed by atoms with van der Waals surface area (Å²) < 4.78 is 29.2. The number of carbonyl (C=O) groups is 1. The van der Waals surface area contributed by atoms with Crippen molar-refractivity contribution in [1.29, 1.82) is 0 Å². The van der Waals surface area contributed by atoms with E-state index in [0.717, 1.165) is 28.6 Å². The van der Waals surface area contributed by atoms with Gasteiger partial charge in [0.05, 0.1) is 33.5 Å². The van der Waals surface area contributed by atoms with Gasteiger partial charge >= 0.3 is 0 Å². The second kappa shape index (κ2) is 15.6. The number of benzene rings is 3. The molecule has 2 aliphatic rings. The van der Waals surface area contributed by atoms with E-state index in [2.05, 4.69) is 52.8 Å². The number of amides is 1. The van der Waals surface area contributed by atoms with Crippen molar-refractivity contribution in [2.75, 3.05) is 53.3 Å². The van der Waals surface area contributed by atoms with E-state index in [1.54, 1.807) is 7.11 Å². The Morgan fingerprint density at radius 1 is 1.02 bits per heavy atom. The second-order valence-corrected chi connectivity index (χ2v) is 11.8. The molecule has 0 unspecified atom stereocenters. The monoisotopic (exact) mass is 640 g/mol.